The Labute approximate surface area is 119 Å². The number of hydrogen-bond donors (Lipinski definition) is 1. The zero-order valence-electron chi connectivity index (χ0n) is 10.6. The molecule has 0 aromatic heterocycles. The number of aliphatic hydroxyl groups excluding tert-OH is 1. The Kier molecular flexibility index (Phi) is 4.91. The van der Waals surface area contributed by atoms with Gasteiger partial charge in [0.25, 0.3) is 0 Å². The van der Waals surface area contributed by atoms with Crippen molar-refractivity contribution in [2.24, 2.45) is 0 Å². The van der Waals surface area contributed by atoms with E-state index in [1.807, 2.05) is 19.2 Å². The van der Waals surface area contributed by atoms with E-state index in [0.717, 1.165) is 31.4 Å². The zero-order valence-corrected chi connectivity index (χ0v) is 12.1. The van der Waals surface area contributed by atoms with Crippen molar-refractivity contribution in [3.8, 4) is 0 Å². The van der Waals surface area contributed by atoms with E-state index in [1.165, 1.54) is 6.42 Å². The van der Waals surface area contributed by atoms with E-state index < -0.39 is 0 Å². The molecule has 0 saturated heterocycles. The van der Waals surface area contributed by atoms with E-state index in [-0.39, 0.29) is 12.1 Å². The lowest BCUT2D eigenvalue weighted by Crippen LogP contribution is -2.42. The maximum Gasteiger partial charge on any atom is 0.0695 e. The van der Waals surface area contributed by atoms with Gasteiger partial charge in [-0.3, -0.25) is 4.90 Å². The van der Waals surface area contributed by atoms with Crippen LogP contribution >= 0.6 is 23.2 Å². The molecule has 1 aromatic rings. The van der Waals surface area contributed by atoms with Gasteiger partial charge >= 0.3 is 0 Å². The SMILES string of the molecule is CN(Cc1ccc(Cl)cc1Cl)C1CCCCC1O. The maximum absolute atomic E-state index is 10.0. The first-order valence-electron chi connectivity index (χ1n) is 6.40. The van der Waals surface area contributed by atoms with Gasteiger partial charge < -0.3 is 5.11 Å². The maximum atomic E-state index is 10.0. The van der Waals surface area contributed by atoms with Crippen molar-refractivity contribution in [3.05, 3.63) is 33.8 Å². The topological polar surface area (TPSA) is 23.5 Å². The quantitative estimate of drug-likeness (QED) is 0.916. The van der Waals surface area contributed by atoms with Gasteiger partial charge in [0.1, 0.15) is 0 Å². The first kappa shape index (κ1) is 14.1. The summed E-state index contributed by atoms with van der Waals surface area (Å²) in [5.41, 5.74) is 1.06. The summed E-state index contributed by atoms with van der Waals surface area (Å²) in [5.74, 6) is 0. The second-order valence-electron chi connectivity index (χ2n) is 5.07. The minimum Gasteiger partial charge on any atom is -0.391 e. The molecule has 0 bridgehead atoms. The van der Waals surface area contributed by atoms with Crippen LogP contribution in [0, 0.1) is 0 Å². The Balaban J connectivity index is 2.03. The molecule has 2 nitrogen and oxygen atoms in total. The number of hydrogen-bond acceptors (Lipinski definition) is 2. The number of likely N-dealkylation sites (N-methyl/N-ethyl adjacent to an activating group) is 1. The first-order chi connectivity index (χ1) is 8.58. The van der Waals surface area contributed by atoms with Crippen molar-refractivity contribution in [2.45, 2.75) is 44.4 Å². The smallest absolute Gasteiger partial charge is 0.0695 e. The lowest BCUT2D eigenvalue weighted by atomic mass is 9.91. The van der Waals surface area contributed by atoms with Gasteiger partial charge in [0.2, 0.25) is 0 Å². The molecule has 1 aromatic carbocycles. The second kappa shape index (κ2) is 6.25. The number of nitrogens with zero attached hydrogens (tertiary/aromatic N) is 1. The van der Waals surface area contributed by atoms with Gasteiger partial charge in [-0.05, 0) is 37.6 Å². The van der Waals surface area contributed by atoms with Crippen LogP contribution in [0.25, 0.3) is 0 Å². The van der Waals surface area contributed by atoms with Crippen molar-refractivity contribution in [2.75, 3.05) is 7.05 Å². The first-order valence-corrected chi connectivity index (χ1v) is 7.16. The van der Waals surface area contributed by atoms with E-state index in [9.17, 15) is 5.11 Å². The van der Waals surface area contributed by atoms with Crippen LogP contribution in [0.15, 0.2) is 18.2 Å². The molecule has 2 atom stereocenters. The largest absolute Gasteiger partial charge is 0.391 e. The van der Waals surface area contributed by atoms with Gasteiger partial charge in [-0.15, -0.1) is 0 Å². The van der Waals surface area contributed by atoms with Crippen LogP contribution in [0.3, 0.4) is 0 Å². The normalized spacial score (nSPS) is 24.5. The third-order valence-electron chi connectivity index (χ3n) is 3.69. The van der Waals surface area contributed by atoms with Crippen LogP contribution in [0.1, 0.15) is 31.2 Å². The molecule has 0 aliphatic heterocycles. The van der Waals surface area contributed by atoms with E-state index in [4.69, 9.17) is 23.2 Å². The standard InChI is InChI=1S/C14H19Cl2NO/c1-17(13-4-2-3-5-14(13)18)9-10-6-7-11(15)8-12(10)16/h6-8,13-14,18H,2-5,9H2,1H3. The molecule has 2 unspecified atom stereocenters. The molecule has 2 rings (SSSR count). The van der Waals surface area contributed by atoms with E-state index in [1.54, 1.807) is 6.07 Å². The van der Waals surface area contributed by atoms with Crippen molar-refractivity contribution < 1.29 is 5.11 Å². The van der Waals surface area contributed by atoms with Crippen molar-refractivity contribution in [1.82, 2.24) is 4.90 Å². The van der Waals surface area contributed by atoms with Crippen LogP contribution < -0.4 is 0 Å². The van der Waals surface area contributed by atoms with Crippen LogP contribution in [0.5, 0.6) is 0 Å². The molecular weight excluding hydrogens is 269 g/mol. The Morgan fingerprint density at radius 1 is 1.28 bits per heavy atom. The van der Waals surface area contributed by atoms with E-state index in [2.05, 4.69) is 4.90 Å². The van der Waals surface area contributed by atoms with Gasteiger partial charge in [0, 0.05) is 22.6 Å². The fraction of sp³-hybridized carbons (Fsp3) is 0.571. The summed E-state index contributed by atoms with van der Waals surface area (Å²) < 4.78 is 0. The van der Waals surface area contributed by atoms with Gasteiger partial charge in [0.15, 0.2) is 0 Å². The minimum absolute atomic E-state index is 0.213. The molecule has 1 N–H and O–H groups in total. The number of halogens is 2. The molecule has 0 amide bonds. The Bertz CT molecular complexity index is 411. The lowest BCUT2D eigenvalue weighted by Gasteiger charge is -2.35. The summed E-state index contributed by atoms with van der Waals surface area (Å²) in [6.45, 7) is 0.748. The van der Waals surface area contributed by atoms with Gasteiger partial charge in [-0.25, -0.2) is 0 Å². The molecule has 1 fully saturated rings. The predicted octanol–water partition coefficient (Wildman–Crippen LogP) is 3.73. The van der Waals surface area contributed by atoms with Gasteiger partial charge in [0.05, 0.1) is 6.10 Å². The molecule has 0 radical (unpaired) electrons. The number of rotatable bonds is 3. The summed E-state index contributed by atoms with van der Waals surface area (Å²) in [6, 6.07) is 5.82. The third-order valence-corrected chi connectivity index (χ3v) is 4.28. The highest BCUT2D eigenvalue weighted by molar-refractivity contribution is 6.35. The number of benzene rings is 1. The highest BCUT2D eigenvalue weighted by Crippen LogP contribution is 2.26. The summed E-state index contributed by atoms with van der Waals surface area (Å²) in [7, 11) is 2.05. The van der Waals surface area contributed by atoms with Gasteiger partial charge in [-0.1, -0.05) is 42.1 Å². The highest BCUT2D eigenvalue weighted by atomic mass is 35.5. The summed E-state index contributed by atoms with van der Waals surface area (Å²) in [5, 5.41) is 11.4. The van der Waals surface area contributed by atoms with Crippen molar-refractivity contribution in [1.29, 1.82) is 0 Å². The van der Waals surface area contributed by atoms with Crippen LogP contribution in [-0.2, 0) is 6.54 Å². The summed E-state index contributed by atoms with van der Waals surface area (Å²) in [6.07, 6.45) is 4.08. The van der Waals surface area contributed by atoms with E-state index >= 15 is 0 Å². The van der Waals surface area contributed by atoms with Crippen molar-refractivity contribution in [3.63, 3.8) is 0 Å². The van der Waals surface area contributed by atoms with Crippen LogP contribution in [0.4, 0.5) is 0 Å². The molecule has 100 valence electrons. The highest BCUT2D eigenvalue weighted by Gasteiger charge is 2.26. The fourth-order valence-electron chi connectivity index (χ4n) is 2.64. The fourth-order valence-corrected chi connectivity index (χ4v) is 3.11. The summed E-state index contributed by atoms with van der Waals surface area (Å²) in [4.78, 5) is 2.19. The second-order valence-corrected chi connectivity index (χ2v) is 5.91. The van der Waals surface area contributed by atoms with Crippen LogP contribution in [-0.4, -0.2) is 29.2 Å². The van der Waals surface area contributed by atoms with Crippen LogP contribution in [0.2, 0.25) is 10.0 Å². The molecule has 18 heavy (non-hydrogen) atoms. The molecule has 1 aliphatic rings. The Morgan fingerprint density at radius 3 is 2.67 bits per heavy atom. The summed E-state index contributed by atoms with van der Waals surface area (Å²) >= 11 is 12.1. The molecule has 4 heteroatoms. The molecular formula is C14H19Cl2NO. The lowest BCUT2D eigenvalue weighted by molar-refractivity contribution is 0.0288. The molecule has 1 aliphatic carbocycles. The average Bonchev–Trinajstić information content (AvgIpc) is 2.33. The monoisotopic (exact) mass is 287 g/mol. The Morgan fingerprint density at radius 2 is 2.00 bits per heavy atom. The molecule has 1 saturated carbocycles. The van der Waals surface area contributed by atoms with E-state index in [0.29, 0.717) is 10.0 Å². The van der Waals surface area contributed by atoms with Gasteiger partial charge in [-0.2, -0.15) is 0 Å². The third kappa shape index (κ3) is 3.39. The minimum atomic E-state index is -0.213. The number of aliphatic hydroxyl groups is 1. The Hall–Kier alpha value is -0.280. The average molecular weight is 288 g/mol. The molecule has 0 spiro atoms. The van der Waals surface area contributed by atoms with Crippen molar-refractivity contribution >= 4 is 23.2 Å². The molecule has 0 heterocycles. The zero-order chi connectivity index (χ0) is 13.1. The predicted molar refractivity (Wildman–Crippen MR) is 76.2 cm³/mol.